The Morgan fingerprint density at radius 1 is 1.05 bits per heavy atom. The highest BCUT2D eigenvalue weighted by atomic mass is 32.2. The minimum Gasteiger partial charge on any atom is -0.462 e. The molecule has 0 saturated heterocycles. The van der Waals surface area contributed by atoms with Crippen LogP contribution in [-0.2, 0) is 34.1 Å². The Labute approximate surface area is 233 Å². The van der Waals surface area contributed by atoms with E-state index in [0.29, 0.717) is 47.4 Å². The molecule has 10 heteroatoms. The zero-order valence-electron chi connectivity index (χ0n) is 22.4. The minimum absolute atomic E-state index is 0.128. The van der Waals surface area contributed by atoms with Gasteiger partial charge >= 0.3 is 5.97 Å². The summed E-state index contributed by atoms with van der Waals surface area (Å²) in [7, 11) is -3.78. The van der Waals surface area contributed by atoms with Crippen molar-refractivity contribution in [1.82, 2.24) is 4.90 Å². The molecule has 206 valence electrons. The van der Waals surface area contributed by atoms with Crippen molar-refractivity contribution in [3.8, 4) is 0 Å². The molecular weight excluding hydrogens is 534 g/mol. The fraction of sp³-hybridized carbons (Fsp3) is 0.379. The zero-order valence-corrected chi connectivity index (χ0v) is 24.0. The molecule has 5 rings (SSSR count). The van der Waals surface area contributed by atoms with Crippen molar-refractivity contribution in [2.45, 2.75) is 57.5 Å². The monoisotopic (exact) mass is 567 g/mol. The lowest BCUT2D eigenvalue weighted by Gasteiger charge is -2.30. The summed E-state index contributed by atoms with van der Waals surface area (Å²) in [5.74, 6) is -0.848. The first-order valence-electron chi connectivity index (χ1n) is 13.3. The summed E-state index contributed by atoms with van der Waals surface area (Å²) in [5, 5.41) is 3.37. The second kappa shape index (κ2) is 11.1. The van der Waals surface area contributed by atoms with Crippen LogP contribution < -0.4 is 9.62 Å². The van der Waals surface area contributed by atoms with Gasteiger partial charge in [-0.05, 0) is 81.5 Å². The molecule has 2 aromatic carbocycles. The zero-order chi connectivity index (χ0) is 27.7. The Bertz CT molecular complexity index is 1500. The van der Waals surface area contributed by atoms with Gasteiger partial charge < -0.3 is 10.1 Å². The van der Waals surface area contributed by atoms with Crippen LogP contribution in [0.1, 0.15) is 63.9 Å². The second-order valence-electron chi connectivity index (χ2n) is 10.0. The van der Waals surface area contributed by atoms with E-state index in [2.05, 4.69) is 24.1 Å². The van der Waals surface area contributed by atoms with E-state index in [1.54, 1.807) is 6.92 Å². The Hall–Kier alpha value is -3.21. The number of anilines is 2. The van der Waals surface area contributed by atoms with Gasteiger partial charge in [0.1, 0.15) is 5.00 Å². The Kier molecular flexibility index (Phi) is 7.80. The summed E-state index contributed by atoms with van der Waals surface area (Å²) in [4.78, 5) is 29.6. The van der Waals surface area contributed by atoms with Crippen LogP contribution in [0.15, 0.2) is 53.4 Å². The largest absolute Gasteiger partial charge is 0.462 e. The number of amides is 1. The van der Waals surface area contributed by atoms with Crippen LogP contribution in [0.3, 0.4) is 0 Å². The van der Waals surface area contributed by atoms with Gasteiger partial charge in [0.15, 0.2) is 0 Å². The standard InChI is InChI=1S/C29H33N3O5S2/c1-4-37-29(34)26-23-15-17-31(19(2)3)18-25(23)38-28(26)30-27(33)21-11-13-22(14-12-21)39(35,36)32-16-7-9-20-8-5-6-10-24(20)32/h5-6,8,10-14,19H,4,7,9,15-18H2,1-3H3,(H,30,33). The van der Waals surface area contributed by atoms with Crippen LogP contribution in [0.5, 0.6) is 0 Å². The summed E-state index contributed by atoms with van der Waals surface area (Å²) in [6, 6.07) is 13.9. The normalized spacial score (nSPS) is 15.5. The number of aryl methyl sites for hydroxylation is 1. The third-order valence-corrected chi connectivity index (χ3v) is 10.3. The number of sulfonamides is 1. The van der Waals surface area contributed by atoms with E-state index in [1.165, 1.54) is 39.9 Å². The first-order valence-corrected chi connectivity index (χ1v) is 15.5. The number of hydrogen-bond acceptors (Lipinski definition) is 7. The maximum absolute atomic E-state index is 13.5. The molecule has 0 bridgehead atoms. The number of esters is 1. The number of thiophene rings is 1. The number of ether oxygens (including phenoxy) is 1. The topological polar surface area (TPSA) is 96.0 Å². The number of benzene rings is 2. The number of para-hydroxylation sites is 1. The number of fused-ring (bicyclic) bond motifs is 2. The SMILES string of the molecule is CCOC(=O)c1c(NC(=O)c2ccc(S(=O)(=O)N3CCCc4ccccc43)cc2)sc2c1CCN(C(C)C)C2. The maximum atomic E-state index is 13.5. The second-order valence-corrected chi connectivity index (χ2v) is 13.0. The predicted octanol–water partition coefficient (Wildman–Crippen LogP) is 5.09. The van der Waals surface area contributed by atoms with Crippen LogP contribution in [0, 0.1) is 0 Å². The maximum Gasteiger partial charge on any atom is 0.341 e. The fourth-order valence-electron chi connectivity index (χ4n) is 5.20. The van der Waals surface area contributed by atoms with Gasteiger partial charge in [-0.2, -0.15) is 0 Å². The summed E-state index contributed by atoms with van der Waals surface area (Å²) in [6.07, 6.45) is 2.30. The van der Waals surface area contributed by atoms with Gasteiger partial charge in [-0.3, -0.25) is 14.0 Å². The Balaban J connectivity index is 1.38. The smallest absolute Gasteiger partial charge is 0.341 e. The van der Waals surface area contributed by atoms with Gasteiger partial charge in [-0.15, -0.1) is 11.3 Å². The molecule has 3 heterocycles. The summed E-state index contributed by atoms with van der Waals surface area (Å²) < 4.78 is 33.7. The molecule has 2 aliphatic rings. The molecule has 2 aliphatic heterocycles. The first kappa shape index (κ1) is 27.4. The van der Waals surface area contributed by atoms with Gasteiger partial charge in [-0.1, -0.05) is 18.2 Å². The molecule has 8 nitrogen and oxygen atoms in total. The molecule has 39 heavy (non-hydrogen) atoms. The van der Waals surface area contributed by atoms with Crippen molar-refractivity contribution in [3.63, 3.8) is 0 Å². The minimum atomic E-state index is -3.78. The average molecular weight is 568 g/mol. The van der Waals surface area contributed by atoms with Crippen LogP contribution in [0.2, 0.25) is 0 Å². The molecule has 0 aliphatic carbocycles. The van der Waals surface area contributed by atoms with Gasteiger partial charge in [0, 0.05) is 36.1 Å². The van der Waals surface area contributed by atoms with Crippen LogP contribution in [0.25, 0.3) is 0 Å². The van der Waals surface area contributed by atoms with Crippen molar-refractivity contribution in [2.24, 2.45) is 0 Å². The van der Waals surface area contributed by atoms with Gasteiger partial charge in [0.25, 0.3) is 15.9 Å². The number of hydrogen-bond donors (Lipinski definition) is 1. The van der Waals surface area contributed by atoms with Gasteiger partial charge in [0.2, 0.25) is 0 Å². The predicted molar refractivity (Wildman–Crippen MR) is 153 cm³/mol. The Morgan fingerprint density at radius 3 is 2.51 bits per heavy atom. The molecule has 1 aromatic heterocycles. The molecule has 0 radical (unpaired) electrons. The van der Waals surface area contributed by atoms with E-state index in [1.807, 2.05) is 24.3 Å². The molecule has 1 N–H and O–H groups in total. The fourth-order valence-corrected chi connectivity index (χ4v) is 8.00. The number of nitrogens with one attached hydrogen (secondary N) is 1. The van der Waals surface area contributed by atoms with Gasteiger partial charge in [0.05, 0.1) is 22.8 Å². The van der Waals surface area contributed by atoms with E-state index in [4.69, 9.17) is 4.74 Å². The van der Waals surface area contributed by atoms with Crippen molar-refractivity contribution in [1.29, 1.82) is 0 Å². The highest BCUT2D eigenvalue weighted by Crippen LogP contribution is 2.38. The molecule has 0 unspecified atom stereocenters. The number of nitrogens with zero attached hydrogens (tertiary/aromatic N) is 2. The van der Waals surface area contributed by atoms with Crippen molar-refractivity contribution in [3.05, 3.63) is 75.7 Å². The molecule has 0 spiro atoms. The average Bonchev–Trinajstić information content (AvgIpc) is 3.29. The van der Waals surface area contributed by atoms with Crippen LogP contribution in [0.4, 0.5) is 10.7 Å². The summed E-state index contributed by atoms with van der Waals surface area (Å²) in [6.45, 7) is 8.24. The van der Waals surface area contributed by atoms with Crippen LogP contribution in [-0.4, -0.2) is 50.9 Å². The third-order valence-electron chi connectivity index (χ3n) is 7.30. The lowest BCUT2D eigenvalue weighted by atomic mass is 10.0. The van der Waals surface area contributed by atoms with E-state index in [-0.39, 0.29) is 11.5 Å². The van der Waals surface area contributed by atoms with Crippen molar-refractivity contribution < 1.29 is 22.7 Å². The summed E-state index contributed by atoms with van der Waals surface area (Å²) in [5.41, 5.74) is 3.38. The van der Waals surface area contributed by atoms with E-state index < -0.39 is 21.9 Å². The number of carbonyl (C=O) groups is 2. The van der Waals surface area contributed by atoms with E-state index >= 15 is 0 Å². The van der Waals surface area contributed by atoms with Crippen LogP contribution >= 0.6 is 11.3 Å². The number of carbonyl (C=O) groups excluding carboxylic acids is 2. The van der Waals surface area contributed by atoms with E-state index in [0.717, 1.165) is 35.4 Å². The lowest BCUT2D eigenvalue weighted by Crippen LogP contribution is -2.35. The van der Waals surface area contributed by atoms with Gasteiger partial charge in [-0.25, -0.2) is 13.2 Å². The van der Waals surface area contributed by atoms with Crippen molar-refractivity contribution in [2.75, 3.05) is 29.3 Å². The molecule has 3 aromatic rings. The highest BCUT2D eigenvalue weighted by Gasteiger charge is 2.31. The number of rotatable bonds is 7. The molecule has 0 atom stereocenters. The highest BCUT2D eigenvalue weighted by molar-refractivity contribution is 7.92. The van der Waals surface area contributed by atoms with E-state index in [9.17, 15) is 18.0 Å². The van der Waals surface area contributed by atoms with Crippen molar-refractivity contribution >= 4 is 43.9 Å². The lowest BCUT2D eigenvalue weighted by molar-refractivity contribution is 0.0526. The summed E-state index contributed by atoms with van der Waals surface area (Å²) >= 11 is 1.40. The molecule has 0 saturated carbocycles. The first-order chi connectivity index (χ1) is 18.7. The molecular formula is C29H33N3O5S2. The quantitative estimate of drug-likeness (QED) is 0.400. The molecule has 1 amide bonds. The molecule has 0 fully saturated rings. The Morgan fingerprint density at radius 2 is 1.79 bits per heavy atom. The third kappa shape index (κ3) is 5.33.